The molecule has 140 valence electrons. The number of thioether (sulfide) groups is 1. The van der Waals surface area contributed by atoms with Crippen molar-refractivity contribution in [3.05, 3.63) is 70.4 Å². The van der Waals surface area contributed by atoms with E-state index in [4.69, 9.17) is 4.74 Å². The summed E-state index contributed by atoms with van der Waals surface area (Å²) in [5.74, 6) is 0.141. The number of ketones is 1. The summed E-state index contributed by atoms with van der Waals surface area (Å²) >= 11 is 1.48. The minimum atomic E-state index is -1.07. The van der Waals surface area contributed by atoms with E-state index >= 15 is 0 Å². The van der Waals surface area contributed by atoms with Gasteiger partial charge in [-0.05, 0) is 29.8 Å². The number of carbonyl (C=O) groups is 2. The van der Waals surface area contributed by atoms with E-state index in [9.17, 15) is 19.1 Å². The van der Waals surface area contributed by atoms with E-state index in [0.29, 0.717) is 17.9 Å². The molecule has 1 fully saturated rings. The third-order valence-corrected chi connectivity index (χ3v) is 5.07. The lowest BCUT2D eigenvalue weighted by atomic mass is 10.1. The lowest BCUT2D eigenvalue weighted by molar-refractivity contribution is -0.130. The number of hydrogen-bond acceptors (Lipinski definition) is 6. The highest BCUT2D eigenvalue weighted by molar-refractivity contribution is 8.03. The highest BCUT2D eigenvalue weighted by Gasteiger charge is 2.27. The lowest BCUT2D eigenvalue weighted by Gasteiger charge is -2.13. The second-order valence-electron chi connectivity index (χ2n) is 5.91. The Morgan fingerprint density at radius 1 is 1.30 bits per heavy atom. The minimum absolute atomic E-state index is 0.0724. The second kappa shape index (κ2) is 8.94. The number of Topliss-reactive ketones (excluding diaryl/α,β-unsaturated/α-hetero) is 1. The van der Waals surface area contributed by atoms with Crippen molar-refractivity contribution < 1.29 is 23.8 Å². The maximum absolute atomic E-state index is 13.7. The summed E-state index contributed by atoms with van der Waals surface area (Å²) < 4.78 is 19.2. The predicted octanol–water partition coefficient (Wildman–Crippen LogP) is 2.71. The van der Waals surface area contributed by atoms with Crippen molar-refractivity contribution in [3.8, 4) is 5.75 Å². The first-order valence-electron chi connectivity index (χ1n) is 8.30. The van der Waals surface area contributed by atoms with Gasteiger partial charge >= 0.3 is 0 Å². The molecule has 27 heavy (non-hydrogen) atoms. The van der Waals surface area contributed by atoms with Crippen LogP contribution in [-0.2, 0) is 9.59 Å². The fraction of sp³-hybridized carbons (Fsp3) is 0.200. The Morgan fingerprint density at radius 3 is 2.74 bits per heavy atom. The number of rotatable bonds is 7. The van der Waals surface area contributed by atoms with E-state index in [1.807, 2.05) is 6.08 Å². The van der Waals surface area contributed by atoms with Crippen LogP contribution in [0.25, 0.3) is 6.08 Å². The summed E-state index contributed by atoms with van der Waals surface area (Å²) in [7, 11) is 0. The number of aliphatic hydroxyl groups excluding tert-OH is 1. The van der Waals surface area contributed by atoms with Crippen molar-refractivity contribution >= 4 is 29.9 Å². The van der Waals surface area contributed by atoms with Crippen LogP contribution in [0.4, 0.5) is 4.39 Å². The number of benzene rings is 2. The second-order valence-corrected chi connectivity index (χ2v) is 6.96. The molecule has 0 spiro atoms. The molecule has 0 saturated carbocycles. The van der Waals surface area contributed by atoms with Gasteiger partial charge in [-0.15, -0.1) is 11.8 Å². The number of ether oxygens (including phenoxy) is 1. The molecule has 7 heteroatoms. The van der Waals surface area contributed by atoms with Crippen molar-refractivity contribution in [1.82, 2.24) is 5.32 Å². The first-order valence-corrected chi connectivity index (χ1v) is 9.29. The smallest absolute Gasteiger partial charge is 0.217 e. The molecule has 0 aliphatic carbocycles. The minimum Gasteiger partial charge on any atom is -0.491 e. The Bertz CT molecular complexity index is 853. The van der Waals surface area contributed by atoms with Crippen molar-refractivity contribution in [2.45, 2.75) is 12.1 Å². The molecule has 3 rings (SSSR count). The predicted molar refractivity (Wildman–Crippen MR) is 102 cm³/mol. The maximum Gasteiger partial charge on any atom is 0.217 e. The number of nitrogens with one attached hydrogen (secondary N) is 1. The van der Waals surface area contributed by atoms with E-state index in [-0.39, 0.29) is 12.2 Å². The topological polar surface area (TPSA) is 75.6 Å². The van der Waals surface area contributed by atoms with Gasteiger partial charge in [0.2, 0.25) is 5.78 Å². The Kier molecular flexibility index (Phi) is 6.39. The van der Waals surface area contributed by atoms with E-state index in [0.717, 1.165) is 10.5 Å². The van der Waals surface area contributed by atoms with Gasteiger partial charge < -0.3 is 9.84 Å². The van der Waals surface area contributed by atoms with Crippen LogP contribution >= 0.6 is 11.8 Å². The van der Waals surface area contributed by atoms with Crippen LogP contribution < -0.4 is 10.1 Å². The monoisotopic (exact) mass is 387 g/mol. The van der Waals surface area contributed by atoms with Crippen molar-refractivity contribution in [3.63, 3.8) is 0 Å². The Balaban J connectivity index is 1.62. The summed E-state index contributed by atoms with van der Waals surface area (Å²) in [6, 6.07) is 12.5. The largest absolute Gasteiger partial charge is 0.491 e. The zero-order chi connectivity index (χ0) is 19.2. The highest BCUT2D eigenvalue weighted by atomic mass is 32.2. The van der Waals surface area contributed by atoms with E-state index < -0.39 is 23.7 Å². The van der Waals surface area contributed by atoms with Crippen LogP contribution in [0.15, 0.2) is 53.4 Å². The molecule has 1 saturated heterocycles. The number of halogens is 1. The number of aliphatic hydroxyl groups is 1. The molecule has 0 bridgehead atoms. The summed E-state index contributed by atoms with van der Waals surface area (Å²) in [5.41, 5.74) is 1.04. The number of carbonyl (C=O) groups excluding carboxylic acids is 2. The van der Waals surface area contributed by atoms with Crippen LogP contribution in [0, 0.1) is 5.82 Å². The Labute approximate surface area is 160 Å². The average Bonchev–Trinajstić information content (AvgIpc) is 3.15. The maximum atomic E-state index is 13.7. The average molecular weight is 387 g/mol. The molecule has 0 amide bonds. The van der Waals surface area contributed by atoms with Crippen LogP contribution in [0.3, 0.4) is 0 Å². The quantitative estimate of drug-likeness (QED) is 0.562. The summed E-state index contributed by atoms with van der Waals surface area (Å²) in [4.78, 5) is 23.1. The summed E-state index contributed by atoms with van der Waals surface area (Å²) in [5, 5.41) is 13.0. The number of aldehydes is 1. The van der Waals surface area contributed by atoms with Crippen LogP contribution in [0.5, 0.6) is 5.75 Å². The molecule has 2 aromatic rings. The third kappa shape index (κ3) is 4.82. The summed E-state index contributed by atoms with van der Waals surface area (Å²) in [6.07, 6.45) is 1.10. The molecular weight excluding hydrogens is 369 g/mol. The molecule has 1 aliphatic rings. The van der Waals surface area contributed by atoms with E-state index in [2.05, 4.69) is 5.32 Å². The van der Waals surface area contributed by atoms with Gasteiger partial charge in [-0.2, -0.15) is 0 Å². The van der Waals surface area contributed by atoms with Crippen molar-refractivity contribution in [2.24, 2.45) is 0 Å². The van der Waals surface area contributed by atoms with Gasteiger partial charge in [0.25, 0.3) is 0 Å². The van der Waals surface area contributed by atoms with Gasteiger partial charge in [0.15, 0.2) is 6.29 Å². The van der Waals surface area contributed by atoms with Crippen LogP contribution in [-0.4, -0.2) is 35.7 Å². The molecule has 2 N–H and O–H groups in total. The fourth-order valence-corrected chi connectivity index (χ4v) is 3.66. The molecule has 0 radical (unpaired) electrons. The van der Waals surface area contributed by atoms with Crippen molar-refractivity contribution in [2.75, 3.05) is 12.5 Å². The molecule has 2 unspecified atom stereocenters. The molecular formula is C20H18FNO4S. The zero-order valence-electron chi connectivity index (χ0n) is 14.3. The number of hydrogen-bond donors (Lipinski definition) is 2. The van der Waals surface area contributed by atoms with Crippen LogP contribution in [0.2, 0.25) is 0 Å². The first-order chi connectivity index (χ1) is 13.1. The fourth-order valence-electron chi connectivity index (χ4n) is 2.66. The molecule has 1 aliphatic heterocycles. The van der Waals surface area contributed by atoms with Gasteiger partial charge in [-0.1, -0.05) is 30.3 Å². The molecule has 2 aromatic carbocycles. The standard InChI is InChI=1S/C20H18FNO4S/c21-16-4-2-1-3-15(16)18(25)11-26-14-7-5-13(6-8-14)9-19-20(17(24)10-23)22-12-27-19/h1-10,18,20,22,25H,11-12H2. The molecule has 5 nitrogen and oxygen atoms in total. The van der Waals surface area contributed by atoms with Crippen LogP contribution in [0.1, 0.15) is 17.2 Å². The van der Waals surface area contributed by atoms with Gasteiger partial charge in [-0.25, -0.2) is 4.39 Å². The first kappa shape index (κ1) is 19.3. The Hall–Kier alpha value is -2.48. The van der Waals surface area contributed by atoms with Crippen molar-refractivity contribution in [1.29, 1.82) is 0 Å². The van der Waals surface area contributed by atoms with Gasteiger partial charge in [0, 0.05) is 16.3 Å². The Morgan fingerprint density at radius 2 is 2.04 bits per heavy atom. The SMILES string of the molecule is O=CC(=O)C1NCSC1=Cc1ccc(OCC(O)c2ccccc2F)cc1. The van der Waals surface area contributed by atoms with Gasteiger partial charge in [0.05, 0.1) is 0 Å². The van der Waals surface area contributed by atoms with E-state index in [1.54, 1.807) is 36.4 Å². The van der Waals surface area contributed by atoms with Gasteiger partial charge in [-0.3, -0.25) is 14.9 Å². The molecule has 2 atom stereocenters. The molecule has 1 heterocycles. The van der Waals surface area contributed by atoms with Gasteiger partial charge in [0.1, 0.15) is 30.3 Å². The molecule has 0 aromatic heterocycles. The summed E-state index contributed by atoms with van der Waals surface area (Å²) in [6.45, 7) is -0.0724. The normalized spacial score (nSPS) is 19.0. The lowest BCUT2D eigenvalue weighted by Crippen LogP contribution is -2.32. The zero-order valence-corrected chi connectivity index (χ0v) is 15.1. The van der Waals surface area contributed by atoms with E-state index in [1.165, 1.54) is 23.9 Å². The highest BCUT2D eigenvalue weighted by Crippen LogP contribution is 2.28. The third-order valence-electron chi connectivity index (χ3n) is 4.07.